The number of hydrogen-bond acceptors (Lipinski definition) is 2. The van der Waals surface area contributed by atoms with Crippen molar-refractivity contribution in [2.45, 2.75) is 37.3 Å². The van der Waals surface area contributed by atoms with Gasteiger partial charge in [-0.15, -0.1) is 0 Å². The molecule has 1 N–H and O–H groups in total. The quantitative estimate of drug-likeness (QED) is 0.863. The minimum absolute atomic E-state index is 0.0591. The summed E-state index contributed by atoms with van der Waals surface area (Å²) in [6, 6.07) is 10.2. The molecule has 0 bridgehead atoms. The SMILES string of the molecule is O=C(NC1(c2ccccc2)CC1)C1CCCO1. The molecule has 3 rings (SSSR count). The lowest BCUT2D eigenvalue weighted by molar-refractivity contribution is -0.131. The largest absolute Gasteiger partial charge is 0.368 e. The molecule has 0 radical (unpaired) electrons. The van der Waals surface area contributed by atoms with Crippen LogP contribution in [0, 0.1) is 0 Å². The van der Waals surface area contributed by atoms with E-state index in [4.69, 9.17) is 4.74 Å². The van der Waals surface area contributed by atoms with E-state index in [9.17, 15) is 4.79 Å². The van der Waals surface area contributed by atoms with E-state index >= 15 is 0 Å². The standard InChI is InChI=1S/C14H17NO2/c16-13(12-7-4-10-17-12)15-14(8-9-14)11-5-2-1-3-6-11/h1-3,5-6,12H,4,7-10H2,(H,15,16). The first-order valence-corrected chi connectivity index (χ1v) is 6.29. The van der Waals surface area contributed by atoms with E-state index in [1.165, 1.54) is 5.56 Å². The second-order valence-electron chi connectivity index (χ2n) is 4.94. The number of carbonyl (C=O) groups is 1. The molecular formula is C14H17NO2. The Morgan fingerprint density at radius 3 is 2.65 bits per heavy atom. The maximum atomic E-state index is 12.0. The second-order valence-corrected chi connectivity index (χ2v) is 4.94. The highest BCUT2D eigenvalue weighted by Gasteiger charge is 2.46. The molecule has 2 aliphatic rings. The normalized spacial score (nSPS) is 25.5. The van der Waals surface area contributed by atoms with Gasteiger partial charge in [-0.1, -0.05) is 30.3 Å². The summed E-state index contributed by atoms with van der Waals surface area (Å²) in [5, 5.41) is 3.16. The number of benzene rings is 1. The molecule has 0 aromatic heterocycles. The third-order valence-electron chi connectivity index (χ3n) is 3.66. The zero-order valence-electron chi connectivity index (χ0n) is 9.82. The molecule has 1 unspecified atom stereocenters. The van der Waals surface area contributed by atoms with Crippen molar-refractivity contribution in [1.29, 1.82) is 0 Å². The first-order chi connectivity index (χ1) is 8.30. The molecule has 1 heterocycles. The minimum atomic E-state index is -0.226. The second kappa shape index (κ2) is 4.15. The molecule has 1 aliphatic carbocycles. The summed E-state index contributed by atoms with van der Waals surface area (Å²) in [7, 11) is 0. The van der Waals surface area contributed by atoms with E-state index in [1.54, 1.807) is 0 Å². The van der Waals surface area contributed by atoms with Crippen molar-refractivity contribution in [3.8, 4) is 0 Å². The van der Waals surface area contributed by atoms with Crippen LogP contribution in [0.25, 0.3) is 0 Å². The predicted octanol–water partition coefficient (Wildman–Crippen LogP) is 1.97. The van der Waals surface area contributed by atoms with Gasteiger partial charge in [-0.25, -0.2) is 0 Å². The Morgan fingerprint density at radius 1 is 1.29 bits per heavy atom. The van der Waals surface area contributed by atoms with Crippen LogP contribution >= 0.6 is 0 Å². The van der Waals surface area contributed by atoms with Crippen LogP contribution in [0.15, 0.2) is 30.3 Å². The van der Waals surface area contributed by atoms with Crippen LogP contribution in [0.3, 0.4) is 0 Å². The van der Waals surface area contributed by atoms with Crippen molar-refractivity contribution >= 4 is 5.91 Å². The third kappa shape index (κ3) is 2.07. The molecular weight excluding hydrogens is 214 g/mol. The average molecular weight is 231 g/mol. The summed E-state index contributed by atoms with van der Waals surface area (Å²) in [6.45, 7) is 0.719. The van der Waals surface area contributed by atoms with Gasteiger partial charge in [-0.2, -0.15) is 0 Å². The van der Waals surface area contributed by atoms with Gasteiger partial charge in [0.25, 0.3) is 0 Å². The van der Waals surface area contributed by atoms with Crippen molar-refractivity contribution in [2.24, 2.45) is 0 Å². The summed E-state index contributed by atoms with van der Waals surface area (Å²) >= 11 is 0. The first kappa shape index (κ1) is 10.8. The molecule has 1 aliphatic heterocycles. The zero-order chi connectivity index (χ0) is 11.7. The maximum Gasteiger partial charge on any atom is 0.249 e. The Kier molecular flexibility index (Phi) is 2.63. The van der Waals surface area contributed by atoms with Gasteiger partial charge in [0.2, 0.25) is 5.91 Å². The van der Waals surface area contributed by atoms with Gasteiger partial charge in [-0.05, 0) is 31.2 Å². The van der Waals surface area contributed by atoms with E-state index in [1.807, 2.05) is 18.2 Å². The van der Waals surface area contributed by atoms with E-state index in [0.29, 0.717) is 0 Å². The summed E-state index contributed by atoms with van der Waals surface area (Å²) in [6.07, 6.45) is 3.70. The Balaban J connectivity index is 1.70. The van der Waals surface area contributed by atoms with Crippen LogP contribution in [0.5, 0.6) is 0 Å². The van der Waals surface area contributed by atoms with E-state index in [0.717, 1.165) is 32.3 Å². The predicted molar refractivity (Wildman–Crippen MR) is 64.5 cm³/mol. The lowest BCUT2D eigenvalue weighted by atomic mass is 10.0. The number of rotatable bonds is 3. The smallest absolute Gasteiger partial charge is 0.249 e. The number of nitrogens with one attached hydrogen (secondary N) is 1. The van der Waals surface area contributed by atoms with Crippen LogP contribution in [0.4, 0.5) is 0 Å². The van der Waals surface area contributed by atoms with Gasteiger partial charge in [0.05, 0.1) is 5.54 Å². The van der Waals surface area contributed by atoms with Gasteiger partial charge < -0.3 is 10.1 Å². The van der Waals surface area contributed by atoms with Crippen molar-refractivity contribution in [3.63, 3.8) is 0 Å². The molecule has 1 aromatic rings. The average Bonchev–Trinajstić information content (AvgIpc) is 2.94. The molecule has 90 valence electrons. The van der Waals surface area contributed by atoms with E-state index < -0.39 is 0 Å². The molecule has 3 nitrogen and oxygen atoms in total. The van der Waals surface area contributed by atoms with Gasteiger partial charge in [0.1, 0.15) is 6.10 Å². The van der Waals surface area contributed by atoms with Gasteiger partial charge in [-0.3, -0.25) is 4.79 Å². The van der Waals surface area contributed by atoms with Crippen LogP contribution in [-0.4, -0.2) is 18.6 Å². The highest BCUT2D eigenvalue weighted by molar-refractivity contribution is 5.82. The highest BCUT2D eigenvalue weighted by Crippen LogP contribution is 2.45. The van der Waals surface area contributed by atoms with E-state index in [-0.39, 0.29) is 17.6 Å². The summed E-state index contributed by atoms with van der Waals surface area (Å²) in [5.74, 6) is 0.0591. The molecule has 0 spiro atoms. The highest BCUT2D eigenvalue weighted by atomic mass is 16.5. The maximum absolute atomic E-state index is 12.0. The molecule has 1 saturated heterocycles. The molecule has 2 fully saturated rings. The lowest BCUT2D eigenvalue weighted by Crippen LogP contribution is -2.41. The zero-order valence-corrected chi connectivity index (χ0v) is 9.82. The van der Waals surface area contributed by atoms with Gasteiger partial charge in [0.15, 0.2) is 0 Å². The van der Waals surface area contributed by atoms with Crippen LogP contribution in [-0.2, 0) is 15.1 Å². The fraction of sp³-hybridized carbons (Fsp3) is 0.500. The lowest BCUT2D eigenvalue weighted by Gasteiger charge is -2.20. The molecule has 17 heavy (non-hydrogen) atoms. The van der Waals surface area contributed by atoms with Crippen molar-refractivity contribution in [1.82, 2.24) is 5.32 Å². The van der Waals surface area contributed by atoms with Gasteiger partial charge in [0, 0.05) is 6.61 Å². The fourth-order valence-electron chi connectivity index (χ4n) is 2.47. The summed E-state index contributed by atoms with van der Waals surface area (Å²) < 4.78 is 5.41. The molecule has 1 saturated carbocycles. The Hall–Kier alpha value is -1.35. The number of amides is 1. The first-order valence-electron chi connectivity index (χ1n) is 6.29. The molecule has 1 atom stereocenters. The number of ether oxygens (including phenoxy) is 1. The molecule has 3 heteroatoms. The van der Waals surface area contributed by atoms with Crippen LogP contribution in [0.2, 0.25) is 0 Å². The van der Waals surface area contributed by atoms with Crippen molar-refractivity contribution in [2.75, 3.05) is 6.61 Å². The minimum Gasteiger partial charge on any atom is -0.368 e. The Labute approximate surface area is 101 Å². The third-order valence-corrected chi connectivity index (χ3v) is 3.66. The number of hydrogen-bond donors (Lipinski definition) is 1. The van der Waals surface area contributed by atoms with E-state index in [2.05, 4.69) is 17.4 Å². The topological polar surface area (TPSA) is 38.3 Å². The Bertz CT molecular complexity index is 405. The Morgan fingerprint density at radius 2 is 2.06 bits per heavy atom. The summed E-state index contributed by atoms with van der Waals surface area (Å²) in [4.78, 5) is 12.0. The molecule has 1 amide bonds. The fourth-order valence-corrected chi connectivity index (χ4v) is 2.47. The van der Waals surface area contributed by atoms with Gasteiger partial charge >= 0.3 is 0 Å². The molecule has 1 aromatic carbocycles. The van der Waals surface area contributed by atoms with Crippen molar-refractivity contribution in [3.05, 3.63) is 35.9 Å². The summed E-state index contributed by atoms with van der Waals surface area (Å²) in [5.41, 5.74) is 1.11. The van der Waals surface area contributed by atoms with Crippen molar-refractivity contribution < 1.29 is 9.53 Å². The van der Waals surface area contributed by atoms with Crippen LogP contribution in [0.1, 0.15) is 31.2 Å². The monoisotopic (exact) mass is 231 g/mol. The van der Waals surface area contributed by atoms with Crippen LogP contribution < -0.4 is 5.32 Å². The number of carbonyl (C=O) groups excluding carboxylic acids is 1.